The van der Waals surface area contributed by atoms with E-state index in [0.29, 0.717) is 0 Å². The van der Waals surface area contributed by atoms with Crippen molar-refractivity contribution < 1.29 is 9.47 Å². The Bertz CT molecular complexity index is 4620. The maximum absolute atomic E-state index is 7.77. The number of ether oxygens (including phenoxy) is 2. The average molecular weight is 1100 g/mol. The molecule has 0 saturated carbocycles. The zero-order valence-electron chi connectivity index (χ0n) is 46.6. The fraction of sp³-hybridized carbons (Fsp3) is 0. The van der Waals surface area contributed by atoms with Crippen LogP contribution in [-0.4, -0.2) is 13.4 Å². The number of fused-ring (bicyclic) bond motifs is 16. The molecule has 0 unspecified atom stereocenters. The summed E-state index contributed by atoms with van der Waals surface area (Å²) in [6.07, 6.45) is 0. The van der Waals surface area contributed by atoms with Gasteiger partial charge in [0.2, 0.25) is 0 Å². The van der Waals surface area contributed by atoms with E-state index in [1.165, 1.54) is 10.9 Å². The first-order valence-corrected chi connectivity index (χ1v) is 29.6. The molecule has 18 rings (SSSR count). The molecule has 0 aromatic heterocycles. The van der Waals surface area contributed by atoms with Gasteiger partial charge in [0.25, 0.3) is 13.4 Å². The predicted octanol–water partition coefficient (Wildman–Crippen LogP) is 16.9. The highest BCUT2D eigenvalue weighted by atomic mass is 16.5. The minimum Gasteiger partial charge on any atom is -0.458 e. The van der Waals surface area contributed by atoms with Gasteiger partial charge in [-0.3, -0.25) is 0 Å². The lowest BCUT2D eigenvalue weighted by Gasteiger charge is -2.41. The van der Waals surface area contributed by atoms with Crippen molar-refractivity contribution >= 4 is 147 Å². The minimum absolute atomic E-state index is 0.130. The summed E-state index contributed by atoms with van der Waals surface area (Å²) in [5.74, 6) is 3.41. The molecule has 0 saturated heterocycles. The molecule has 86 heavy (non-hydrogen) atoms. The van der Waals surface area contributed by atoms with Gasteiger partial charge >= 0.3 is 0 Å². The van der Waals surface area contributed by atoms with Gasteiger partial charge in [0.1, 0.15) is 23.0 Å². The van der Waals surface area contributed by atoms with Crippen LogP contribution in [0.15, 0.2) is 303 Å². The number of anilines is 12. The van der Waals surface area contributed by atoms with E-state index in [4.69, 9.17) is 9.47 Å². The lowest BCUT2D eigenvalue weighted by Crippen LogP contribution is -2.59. The smallest absolute Gasteiger partial charge is 0.256 e. The molecule has 14 aromatic carbocycles. The van der Waals surface area contributed by atoms with E-state index in [1.807, 2.05) is 0 Å². The first-order chi connectivity index (χ1) is 42.7. The summed E-state index contributed by atoms with van der Waals surface area (Å²) in [4.78, 5) is 9.55. The highest BCUT2D eigenvalue weighted by Crippen LogP contribution is 2.52. The molecular formula is C78H50B2N4O2. The molecule has 0 aliphatic carbocycles. The fourth-order valence-corrected chi connectivity index (χ4v) is 14.6. The summed E-state index contributed by atoms with van der Waals surface area (Å²) in [6.45, 7) is -0.260. The number of para-hydroxylation sites is 8. The Hall–Kier alpha value is -11.2. The van der Waals surface area contributed by atoms with Gasteiger partial charge in [0.05, 0.1) is 11.4 Å². The number of nitrogens with zero attached hydrogens (tertiary/aromatic N) is 4. The summed E-state index contributed by atoms with van der Waals surface area (Å²) >= 11 is 0. The monoisotopic (exact) mass is 1100 g/mol. The van der Waals surface area contributed by atoms with Gasteiger partial charge < -0.3 is 29.1 Å². The molecule has 0 amide bonds. The van der Waals surface area contributed by atoms with E-state index in [2.05, 4.69) is 323 Å². The third-order valence-corrected chi connectivity index (χ3v) is 18.0. The molecule has 8 heteroatoms. The van der Waals surface area contributed by atoms with Crippen LogP contribution < -0.4 is 61.9 Å². The van der Waals surface area contributed by atoms with Crippen molar-refractivity contribution in [3.8, 4) is 23.0 Å². The lowest BCUT2D eigenvalue weighted by atomic mass is 9.34. The third-order valence-electron chi connectivity index (χ3n) is 18.0. The van der Waals surface area contributed by atoms with Crippen molar-refractivity contribution in [2.24, 2.45) is 0 Å². The standard InChI is InChI=1S/C78H50B2N4O2/c1-7-25-51(26-8-1)81(52-27-9-2-10-28-52)57-47-69-75-71(49-57)85-77-65(79(75)63-39-21-23-41-67(63)83(69)55-33-15-5-16-34-55)45-43-61-62-44-46-66-78(74(62)60-38-20-19-37-59(60)73(61)77)86-72-50-58(82(53-29-11-3-12-30-53)54-31-13-4-14-32-54)48-70-76(72)80(66)64-40-22-24-42-68(64)84(70)56-35-17-6-18-36-56/h1-50H. The van der Waals surface area contributed by atoms with Gasteiger partial charge in [0, 0.05) is 79.8 Å². The van der Waals surface area contributed by atoms with Crippen LogP contribution in [0.1, 0.15) is 0 Å². The molecule has 4 heterocycles. The summed E-state index contributed by atoms with van der Waals surface area (Å²) < 4.78 is 15.5. The van der Waals surface area contributed by atoms with Crippen molar-refractivity contribution in [2.45, 2.75) is 0 Å². The van der Waals surface area contributed by atoms with Crippen LogP contribution in [0.4, 0.5) is 68.2 Å². The maximum Gasteiger partial charge on any atom is 0.256 e. The topological polar surface area (TPSA) is 31.4 Å². The molecule has 0 fully saturated rings. The second-order valence-corrected chi connectivity index (χ2v) is 22.7. The lowest BCUT2D eigenvalue weighted by molar-refractivity contribution is 0.493. The molecule has 4 aliphatic heterocycles. The van der Waals surface area contributed by atoms with Crippen molar-refractivity contribution in [1.82, 2.24) is 0 Å². The van der Waals surface area contributed by atoms with Crippen molar-refractivity contribution in [3.63, 3.8) is 0 Å². The Balaban J connectivity index is 0.886. The number of rotatable bonds is 8. The molecular weight excluding hydrogens is 1050 g/mol. The van der Waals surface area contributed by atoms with Crippen LogP contribution in [0.3, 0.4) is 0 Å². The van der Waals surface area contributed by atoms with E-state index in [9.17, 15) is 0 Å². The summed E-state index contributed by atoms with van der Waals surface area (Å²) in [5, 5.41) is 6.58. The average Bonchev–Trinajstić information content (AvgIpc) is 0.779. The molecule has 14 aromatic rings. The Morgan fingerprint density at radius 3 is 0.942 bits per heavy atom. The SMILES string of the molecule is c1ccc(N(c2ccccc2)c2cc3c4c(c2)N(c2ccccc2)c2ccccc2B4c2ccc4c5ccc6c(c5c5ccccc5c4c2O3)Oc2cc(N(c3ccccc3)c3ccccc3)cc3c2B6c2ccccc2N3c2ccccc2)cc1. The summed E-state index contributed by atoms with van der Waals surface area (Å²) in [5.41, 5.74) is 19.9. The molecule has 0 N–H and O–H groups in total. The second-order valence-electron chi connectivity index (χ2n) is 22.7. The van der Waals surface area contributed by atoms with E-state index in [1.54, 1.807) is 0 Å². The van der Waals surface area contributed by atoms with Crippen molar-refractivity contribution in [2.75, 3.05) is 19.6 Å². The fourth-order valence-electron chi connectivity index (χ4n) is 14.6. The highest BCUT2D eigenvalue weighted by Gasteiger charge is 2.46. The van der Waals surface area contributed by atoms with E-state index in [0.717, 1.165) is 145 Å². The zero-order valence-corrected chi connectivity index (χ0v) is 46.6. The van der Waals surface area contributed by atoms with Crippen LogP contribution in [0.25, 0.3) is 32.3 Å². The second kappa shape index (κ2) is 19.2. The van der Waals surface area contributed by atoms with E-state index < -0.39 is 0 Å². The van der Waals surface area contributed by atoms with E-state index >= 15 is 0 Å². The van der Waals surface area contributed by atoms with Gasteiger partial charge in [-0.05, 0) is 151 Å². The molecule has 0 radical (unpaired) electrons. The number of benzene rings is 14. The molecule has 6 nitrogen and oxygen atoms in total. The van der Waals surface area contributed by atoms with Crippen LogP contribution in [0.2, 0.25) is 0 Å². The Morgan fingerprint density at radius 2 is 0.570 bits per heavy atom. The van der Waals surface area contributed by atoms with Crippen LogP contribution in [-0.2, 0) is 0 Å². The molecule has 0 bridgehead atoms. The molecule has 0 spiro atoms. The predicted molar refractivity (Wildman–Crippen MR) is 360 cm³/mol. The largest absolute Gasteiger partial charge is 0.458 e. The minimum atomic E-state index is -0.130. The number of hydrogen-bond acceptors (Lipinski definition) is 6. The van der Waals surface area contributed by atoms with E-state index in [-0.39, 0.29) is 13.4 Å². The Morgan fingerprint density at radius 1 is 0.256 bits per heavy atom. The van der Waals surface area contributed by atoms with Crippen LogP contribution in [0.5, 0.6) is 23.0 Å². The third kappa shape index (κ3) is 7.23. The van der Waals surface area contributed by atoms with Crippen LogP contribution in [0, 0.1) is 0 Å². The summed E-state index contributed by atoms with van der Waals surface area (Å²) in [7, 11) is 0. The first kappa shape index (κ1) is 48.3. The Labute approximate surface area is 499 Å². The molecule has 400 valence electrons. The summed E-state index contributed by atoms with van der Waals surface area (Å²) in [6, 6.07) is 110. The van der Waals surface area contributed by atoms with Gasteiger partial charge in [-0.1, -0.05) is 194 Å². The highest BCUT2D eigenvalue weighted by molar-refractivity contribution is 7.00. The zero-order chi connectivity index (χ0) is 56.4. The van der Waals surface area contributed by atoms with Gasteiger partial charge in [-0.2, -0.15) is 0 Å². The maximum atomic E-state index is 7.77. The van der Waals surface area contributed by atoms with Crippen molar-refractivity contribution in [3.05, 3.63) is 303 Å². The normalized spacial score (nSPS) is 13.0. The quantitative estimate of drug-likeness (QED) is 0.111. The van der Waals surface area contributed by atoms with Crippen LogP contribution >= 0.6 is 0 Å². The van der Waals surface area contributed by atoms with Crippen molar-refractivity contribution in [1.29, 1.82) is 0 Å². The van der Waals surface area contributed by atoms with Gasteiger partial charge in [-0.25, -0.2) is 0 Å². The Kier molecular flexibility index (Phi) is 10.8. The molecule has 0 atom stereocenters. The first-order valence-electron chi connectivity index (χ1n) is 29.6. The van der Waals surface area contributed by atoms with Gasteiger partial charge in [-0.15, -0.1) is 0 Å². The molecule has 4 aliphatic rings. The van der Waals surface area contributed by atoms with Gasteiger partial charge in [0.15, 0.2) is 0 Å². The number of hydrogen-bond donors (Lipinski definition) is 0.